The molecule has 1 N–H and O–H groups in total. The number of carbonyl (C=O) groups is 2. The number of ether oxygens (including phenoxy) is 2. The fourth-order valence-electron chi connectivity index (χ4n) is 4.18. The Bertz CT molecular complexity index is 963. The Labute approximate surface area is 200 Å². The summed E-state index contributed by atoms with van der Waals surface area (Å²) < 4.78 is 11.6. The summed E-state index contributed by atoms with van der Waals surface area (Å²) in [6, 6.07) is 11.1. The zero-order valence-electron chi connectivity index (χ0n) is 20.1. The van der Waals surface area contributed by atoms with Gasteiger partial charge in [-0.05, 0) is 70.1 Å². The molecule has 0 aliphatic carbocycles. The van der Waals surface area contributed by atoms with Crippen molar-refractivity contribution >= 4 is 23.5 Å². The molecule has 1 aromatic heterocycles. The molecule has 3 heterocycles. The number of amides is 2. The van der Waals surface area contributed by atoms with Gasteiger partial charge in [-0.3, -0.25) is 9.69 Å². The Kier molecular flexibility index (Phi) is 7.31. The SMILES string of the molecule is CC(C)(C)OC(=O)N1CCC(Oc2ccc(N(C(=O)C3CCNC3)c3cccnn3)cc2)CC1. The maximum atomic E-state index is 13.3. The Balaban J connectivity index is 1.39. The third kappa shape index (κ3) is 6.02. The number of likely N-dealkylation sites (tertiary alicyclic amines) is 1. The standard InChI is InChI=1S/C25H33N5O4/c1-25(2,3)34-24(32)29-15-11-21(12-16-29)33-20-8-6-19(7-9-20)30(22-5-4-13-27-28-22)23(31)18-10-14-26-17-18/h4-9,13,18,21,26H,10-12,14-17H2,1-3H3. The van der Waals surface area contributed by atoms with Gasteiger partial charge in [0, 0.05) is 38.7 Å². The van der Waals surface area contributed by atoms with Crippen LogP contribution in [-0.2, 0) is 9.53 Å². The predicted octanol–water partition coefficient (Wildman–Crippen LogP) is 3.53. The van der Waals surface area contributed by atoms with Gasteiger partial charge >= 0.3 is 6.09 Å². The molecule has 2 fully saturated rings. The molecule has 0 saturated carbocycles. The average molecular weight is 468 g/mol. The van der Waals surface area contributed by atoms with Crippen molar-refractivity contribution in [2.75, 3.05) is 31.1 Å². The Morgan fingerprint density at radius 2 is 1.82 bits per heavy atom. The predicted molar refractivity (Wildman–Crippen MR) is 128 cm³/mol. The van der Waals surface area contributed by atoms with Crippen molar-refractivity contribution in [1.29, 1.82) is 0 Å². The lowest BCUT2D eigenvalue weighted by atomic mass is 10.1. The van der Waals surface area contributed by atoms with Gasteiger partial charge in [-0.2, -0.15) is 5.10 Å². The minimum absolute atomic E-state index is 0.00804. The van der Waals surface area contributed by atoms with Crippen LogP contribution >= 0.6 is 0 Å². The van der Waals surface area contributed by atoms with E-state index in [1.807, 2.05) is 45.0 Å². The molecule has 2 aliphatic rings. The van der Waals surface area contributed by atoms with Crippen LogP contribution in [-0.4, -0.2) is 65.0 Å². The molecule has 1 unspecified atom stereocenters. The lowest BCUT2D eigenvalue weighted by molar-refractivity contribution is -0.121. The topological polar surface area (TPSA) is 96.9 Å². The number of rotatable bonds is 5. The first-order valence-electron chi connectivity index (χ1n) is 11.9. The van der Waals surface area contributed by atoms with Gasteiger partial charge in [-0.15, -0.1) is 5.10 Å². The number of carbonyl (C=O) groups excluding carboxylic acids is 2. The van der Waals surface area contributed by atoms with Crippen LogP contribution in [0.2, 0.25) is 0 Å². The van der Waals surface area contributed by atoms with E-state index in [0.717, 1.165) is 37.2 Å². The monoisotopic (exact) mass is 467 g/mol. The molecular formula is C25H33N5O4. The highest BCUT2D eigenvalue weighted by Crippen LogP contribution is 2.29. The van der Waals surface area contributed by atoms with Crippen molar-refractivity contribution < 1.29 is 19.1 Å². The van der Waals surface area contributed by atoms with Crippen molar-refractivity contribution in [1.82, 2.24) is 20.4 Å². The fraction of sp³-hybridized carbons (Fsp3) is 0.520. The first-order valence-corrected chi connectivity index (χ1v) is 11.9. The second-order valence-electron chi connectivity index (χ2n) is 9.72. The van der Waals surface area contributed by atoms with Gasteiger partial charge in [-0.1, -0.05) is 0 Å². The number of aromatic nitrogens is 2. The van der Waals surface area contributed by atoms with Crippen molar-refractivity contribution in [2.24, 2.45) is 5.92 Å². The summed E-state index contributed by atoms with van der Waals surface area (Å²) in [5.74, 6) is 1.15. The Hall–Kier alpha value is -3.20. The van der Waals surface area contributed by atoms with E-state index in [4.69, 9.17) is 9.47 Å². The van der Waals surface area contributed by atoms with Crippen LogP contribution in [0.15, 0.2) is 42.6 Å². The summed E-state index contributed by atoms with van der Waals surface area (Å²) >= 11 is 0. The third-order valence-electron chi connectivity index (χ3n) is 5.91. The fourth-order valence-corrected chi connectivity index (χ4v) is 4.18. The number of nitrogens with one attached hydrogen (secondary N) is 1. The van der Waals surface area contributed by atoms with E-state index in [0.29, 0.717) is 25.5 Å². The van der Waals surface area contributed by atoms with Crippen molar-refractivity contribution in [2.45, 2.75) is 51.7 Å². The molecule has 0 radical (unpaired) electrons. The van der Waals surface area contributed by atoms with Crippen molar-refractivity contribution in [3.8, 4) is 5.75 Å². The molecular weight excluding hydrogens is 434 g/mol. The summed E-state index contributed by atoms with van der Waals surface area (Å²) in [6.45, 7) is 8.31. The van der Waals surface area contributed by atoms with Crippen molar-refractivity contribution in [3.05, 3.63) is 42.6 Å². The number of hydrogen-bond donors (Lipinski definition) is 1. The van der Waals surface area contributed by atoms with Crippen LogP contribution in [0.25, 0.3) is 0 Å². The normalized spacial score (nSPS) is 19.0. The number of nitrogens with zero attached hydrogens (tertiary/aromatic N) is 4. The minimum atomic E-state index is -0.499. The summed E-state index contributed by atoms with van der Waals surface area (Å²) in [6.07, 6.45) is 3.61. The molecule has 1 aromatic carbocycles. The van der Waals surface area contributed by atoms with E-state index in [9.17, 15) is 9.59 Å². The van der Waals surface area contributed by atoms with E-state index < -0.39 is 5.60 Å². The van der Waals surface area contributed by atoms with Crippen LogP contribution in [0.1, 0.15) is 40.0 Å². The highest BCUT2D eigenvalue weighted by molar-refractivity contribution is 6.01. The zero-order valence-corrected chi connectivity index (χ0v) is 20.1. The number of hydrogen-bond acceptors (Lipinski definition) is 7. The van der Waals surface area contributed by atoms with Crippen LogP contribution in [0.5, 0.6) is 5.75 Å². The summed E-state index contributed by atoms with van der Waals surface area (Å²) in [7, 11) is 0. The second kappa shape index (κ2) is 10.4. The number of anilines is 2. The van der Waals surface area contributed by atoms with E-state index in [1.54, 1.807) is 28.1 Å². The molecule has 34 heavy (non-hydrogen) atoms. The van der Waals surface area contributed by atoms with Crippen LogP contribution < -0.4 is 15.0 Å². The van der Waals surface area contributed by atoms with E-state index in [-0.39, 0.29) is 24.0 Å². The van der Waals surface area contributed by atoms with Crippen LogP contribution in [0, 0.1) is 5.92 Å². The molecule has 2 amide bonds. The highest BCUT2D eigenvalue weighted by atomic mass is 16.6. The molecule has 0 bridgehead atoms. The van der Waals surface area contributed by atoms with Gasteiger partial charge in [-0.25, -0.2) is 4.79 Å². The lowest BCUT2D eigenvalue weighted by Gasteiger charge is -2.33. The highest BCUT2D eigenvalue weighted by Gasteiger charge is 2.30. The van der Waals surface area contributed by atoms with E-state index in [1.165, 1.54) is 0 Å². The van der Waals surface area contributed by atoms with Crippen LogP contribution in [0.4, 0.5) is 16.3 Å². The number of benzene rings is 1. The van der Waals surface area contributed by atoms with Gasteiger partial charge < -0.3 is 19.7 Å². The largest absolute Gasteiger partial charge is 0.490 e. The first-order chi connectivity index (χ1) is 16.3. The maximum absolute atomic E-state index is 13.3. The maximum Gasteiger partial charge on any atom is 0.410 e. The molecule has 182 valence electrons. The molecule has 2 saturated heterocycles. The quantitative estimate of drug-likeness (QED) is 0.718. The Morgan fingerprint density at radius 3 is 2.41 bits per heavy atom. The van der Waals surface area contributed by atoms with E-state index in [2.05, 4.69) is 15.5 Å². The summed E-state index contributed by atoms with van der Waals surface area (Å²) in [5.41, 5.74) is 0.227. The van der Waals surface area contributed by atoms with Crippen LogP contribution in [0.3, 0.4) is 0 Å². The smallest absolute Gasteiger partial charge is 0.410 e. The minimum Gasteiger partial charge on any atom is -0.490 e. The van der Waals surface area contributed by atoms with Gasteiger partial charge in [0.1, 0.15) is 17.5 Å². The molecule has 1 atom stereocenters. The zero-order chi connectivity index (χ0) is 24.1. The summed E-state index contributed by atoms with van der Waals surface area (Å²) in [5, 5.41) is 11.4. The molecule has 9 heteroatoms. The lowest BCUT2D eigenvalue weighted by Crippen LogP contribution is -2.44. The summed E-state index contributed by atoms with van der Waals surface area (Å²) in [4.78, 5) is 28.9. The average Bonchev–Trinajstić information content (AvgIpc) is 3.36. The molecule has 0 spiro atoms. The first kappa shape index (κ1) is 23.9. The number of piperidine rings is 1. The second-order valence-corrected chi connectivity index (χ2v) is 9.72. The van der Waals surface area contributed by atoms with E-state index >= 15 is 0 Å². The molecule has 2 aromatic rings. The van der Waals surface area contributed by atoms with Crippen molar-refractivity contribution in [3.63, 3.8) is 0 Å². The molecule has 9 nitrogen and oxygen atoms in total. The van der Waals surface area contributed by atoms with Gasteiger partial charge in [0.25, 0.3) is 0 Å². The van der Waals surface area contributed by atoms with Gasteiger partial charge in [0.15, 0.2) is 5.82 Å². The molecule has 2 aliphatic heterocycles. The third-order valence-corrected chi connectivity index (χ3v) is 5.91. The van der Waals surface area contributed by atoms with Gasteiger partial charge in [0.05, 0.1) is 11.6 Å². The Morgan fingerprint density at radius 1 is 1.09 bits per heavy atom. The molecule has 4 rings (SSSR count). The van der Waals surface area contributed by atoms with Gasteiger partial charge in [0.2, 0.25) is 5.91 Å².